The zero-order chi connectivity index (χ0) is 23.5. The minimum absolute atomic E-state index is 0.0353. The van der Waals surface area contributed by atoms with E-state index in [0.717, 1.165) is 42.5 Å². The smallest absolute Gasteiger partial charge is 0.252 e. The molecule has 178 valence electrons. The van der Waals surface area contributed by atoms with Crippen LogP contribution in [0.2, 0.25) is 0 Å². The van der Waals surface area contributed by atoms with E-state index in [1.807, 2.05) is 54.3 Å². The molecular formula is C29H34N2O3. The van der Waals surface area contributed by atoms with Gasteiger partial charge in [0.2, 0.25) is 0 Å². The average molecular weight is 459 g/mol. The van der Waals surface area contributed by atoms with Gasteiger partial charge in [-0.2, -0.15) is 0 Å². The second-order valence-electron chi connectivity index (χ2n) is 9.67. The summed E-state index contributed by atoms with van der Waals surface area (Å²) in [5, 5.41) is 0. The lowest BCUT2D eigenvalue weighted by Gasteiger charge is -2.49. The summed E-state index contributed by atoms with van der Waals surface area (Å²) in [7, 11) is 0. The van der Waals surface area contributed by atoms with Gasteiger partial charge in [0, 0.05) is 38.1 Å². The maximum atomic E-state index is 13.4. The summed E-state index contributed by atoms with van der Waals surface area (Å²) in [6.07, 6.45) is 5.64. The molecule has 5 rings (SSSR count). The summed E-state index contributed by atoms with van der Waals surface area (Å²) in [5.41, 5.74) is 3.70. The van der Waals surface area contributed by atoms with Crippen molar-refractivity contribution in [2.45, 2.75) is 63.4 Å². The molecule has 3 aliphatic rings. The number of hydrogen-bond donors (Lipinski definition) is 0. The number of allylic oxidation sites excluding steroid dienone is 1. The molecule has 34 heavy (non-hydrogen) atoms. The van der Waals surface area contributed by atoms with Crippen LogP contribution in [0, 0.1) is 0 Å². The van der Waals surface area contributed by atoms with Gasteiger partial charge in [-0.1, -0.05) is 60.7 Å². The van der Waals surface area contributed by atoms with Crippen molar-refractivity contribution in [1.82, 2.24) is 4.90 Å². The van der Waals surface area contributed by atoms with Gasteiger partial charge in [-0.15, -0.1) is 0 Å². The largest absolute Gasteiger partial charge is 0.378 e. The van der Waals surface area contributed by atoms with E-state index in [4.69, 9.17) is 14.5 Å². The highest BCUT2D eigenvalue weighted by molar-refractivity contribution is 6.15. The predicted molar refractivity (Wildman–Crippen MR) is 134 cm³/mol. The van der Waals surface area contributed by atoms with E-state index in [1.165, 1.54) is 5.56 Å². The van der Waals surface area contributed by atoms with Crippen LogP contribution < -0.4 is 0 Å². The number of piperidine rings is 1. The molecule has 1 spiro atoms. The third-order valence-corrected chi connectivity index (χ3v) is 7.40. The molecule has 3 atom stereocenters. The number of rotatable bonds is 5. The monoisotopic (exact) mass is 458 g/mol. The molecule has 5 heteroatoms. The number of benzene rings is 2. The van der Waals surface area contributed by atoms with Crippen LogP contribution in [0.3, 0.4) is 0 Å². The fourth-order valence-corrected chi connectivity index (χ4v) is 5.58. The molecule has 5 nitrogen and oxygen atoms in total. The maximum absolute atomic E-state index is 13.4. The van der Waals surface area contributed by atoms with Crippen LogP contribution in [-0.2, 0) is 14.3 Å². The van der Waals surface area contributed by atoms with Gasteiger partial charge in [-0.05, 0) is 43.9 Å². The molecular weight excluding hydrogens is 424 g/mol. The fraction of sp³-hybridized carbons (Fsp3) is 0.448. The summed E-state index contributed by atoms with van der Waals surface area (Å²) in [4.78, 5) is 20.2. The molecule has 2 fully saturated rings. The SMILES string of the molecule is CCOC1CC(c2ccccc2)OC2(CCN(C(=O)C3=CC(c4ccccc4)=NC3C)CC2)C1. The zero-order valence-corrected chi connectivity index (χ0v) is 20.2. The highest BCUT2D eigenvalue weighted by atomic mass is 16.5. The van der Waals surface area contributed by atoms with E-state index >= 15 is 0 Å². The van der Waals surface area contributed by atoms with Crippen LogP contribution >= 0.6 is 0 Å². The number of nitrogens with zero attached hydrogens (tertiary/aromatic N) is 2. The van der Waals surface area contributed by atoms with Gasteiger partial charge in [-0.3, -0.25) is 9.79 Å². The Morgan fingerprint density at radius 1 is 1.09 bits per heavy atom. The van der Waals surface area contributed by atoms with Crippen molar-refractivity contribution in [3.63, 3.8) is 0 Å². The van der Waals surface area contributed by atoms with Crippen LogP contribution in [0.1, 0.15) is 56.8 Å². The van der Waals surface area contributed by atoms with E-state index in [-0.39, 0.29) is 29.8 Å². The standard InChI is InChI=1S/C29H34N2O3/c1-3-33-24-18-27(23-12-8-5-9-13-23)34-29(20-24)14-16-31(17-15-29)28(32)25-19-26(30-21(25)2)22-10-6-4-7-11-22/h4-13,19,21,24,27H,3,14-18,20H2,1-2H3. The van der Waals surface area contributed by atoms with Crippen molar-refractivity contribution < 1.29 is 14.3 Å². The number of carbonyl (C=O) groups excluding carboxylic acids is 1. The van der Waals surface area contributed by atoms with Crippen molar-refractivity contribution >= 4 is 11.6 Å². The van der Waals surface area contributed by atoms with E-state index in [2.05, 4.69) is 31.2 Å². The normalized spacial score (nSPS) is 26.3. The van der Waals surface area contributed by atoms with Gasteiger partial charge < -0.3 is 14.4 Å². The van der Waals surface area contributed by atoms with Gasteiger partial charge >= 0.3 is 0 Å². The molecule has 1 amide bonds. The molecule has 2 saturated heterocycles. The number of aliphatic imine (C=N–C) groups is 1. The van der Waals surface area contributed by atoms with E-state index in [1.54, 1.807) is 0 Å². The van der Waals surface area contributed by atoms with E-state index < -0.39 is 0 Å². The maximum Gasteiger partial charge on any atom is 0.252 e. The number of amides is 1. The first kappa shape index (κ1) is 23.0. The third-order valence-electron chi connectivity index (χ3n) is 7.40. The Balaban J connectivity index is 1.27. The molecule has 3 heterocycles. The summed E-state index contributed by atoms with van der Waals surface area (Å²) >= 11 is 0. The van der Waals surface area contributed by atoms with E-state index in [0.29, 0.717) is 19.7 Å². The fourth-order valence-electron chi connectivity index (χ4n) is 5.58. The number of likely N-dealkylation sites (tertiary alicyclic amines) is 1. The second kappa shape index (κ2) is 9.85. The molecule has 0 aliphatic carbocycles. The van der Waals surface area contributed by atoms with Crippen LogP contribution in [0.5, 0.6) is 0 Å². The lowest BCUT2D eigenvalue weighted by Crippen LogP contribution is -2.53. The minimum atomic E-state index is -0.239. The Hall–Kier alpha value is -2.76. The molecule has 0 N–H and O–H groups in total. The molecule has 0 saturated carbocycles. The Morgan fingerprint density at radius 2 is 1.76 bits per heavy atom. The van der Waals surface area contributed by atoms with Gasteiger partial charge in [0.15, 0.2) is 0 Å². The molecule has 2 aromatic rings. The number of hydrogen-bond acceptors (Lipinski definition) is 4. The lowest BCUT2D eigenvalue weighted by atomic mass is 9.80. The van der Waals surface area contributed by atoms with Crippen LogP contribution in [0.15, 0.2) is 77.3 Å². The number of carbonyl (C=O) groups is 1. The summed E-state index contributed by atoms with van der Waals surface area (Å²) in [5.74, 6) is 0.105. The zero-order valence-electron chi connectivity index (χ0n) is 20.2. The Kier molecular flexibility index (Phi) is 6.66. The van der Waals surface area contributed by atoms with Gasteiger partial charge in [-0.25, -0.2) is 0 Å². The minimum Gasteiger partial charge on any atom is -0.378 e. The molecule has 0 radical (unpaired) electrons. The van der Waals surface area contributed by atoms with Crippen molar-refractivity contribution in [3.8, 4) is 0 Å². The Bertz CT molecular complexity index is 1060. The van der Waals surface area contributed by atoms with E-state index in [9.17, 15) is 4.79 Å². The number of ether oxygens (including phenoxy) is 2. The van der Waals surface area contributed by atoms with Crippen molar-refractivity contribution in [2.24, 2.45) is 4.99 Å². The van der Waals surface area contributed by atoms with Crippen molar-refractivity contribution in [1.29, 1.82) is 0 Å². The van der Waals surface area contributed by atoms with Crippen LogP contribution in [0.25, 0.3) is 0 Å². The Morgan fingerprint density at radius 3 is 2.44 bits per heavy atom. The molecule has 0 bridgehead atoms. The molecule has 2 aromatic carbocycles. The first-order chi connectivity index (χ1) is 16.6. The Labute approximate surface area is 202 Å². The summed E-state index contributed by atoms with van der Waals surface area (Å²) in [6.45, 7) is 6.17. The predicted octanol–water partition coefficient (Wildman–Crippen LogP) is 5.12. The van der Waals surface area contributed by atoms with Gasteiger partial charge in [0.25, 0.3) is 5.91 Å². The van der Waals surface area contributed by atoms with Crippen molar-refractivity contribution in [3.05, 3.63) is 83.4 Å². The molecule has 3 unspecified atom stereocenters. The average Bonchev–Trinajstić information content (AvgIpc) is 3.27. The van der Waals surface area contributed by atoms with Gasteiger partial charge in [0.1, 0.15) is 0 Å². The summed E-state index contributed by atoms with van der Waals surface area (Å²) < 4.78 is 12.9. The summed E-state index contributed by atoms with van der Waals surface area (Å²) in [6, 6.07) is 20.4. The van der Waals surface area contributed by atoms with Crippen LogP contribution in [-0.4, -0.2) is 54.0 Å². The molecule has 0 aromatic heterocycles. The van der Waals surface area contributed by atoms with Gasteiger partial charge in [0.05, 0.1) is 29.6 Å². The topological polar surface area (TPSA) is 51.1 Å². The van der Waals surface area contributed by atoms with Crippen LogP contribution in [0.4, 0.5) is 0 Å². The second-order valence-corrected chi connectivity index (χ2v) is 9.67. The third kappa shape index (κ3) is 4.73. The van der Waals surface area contributed by atoms with Crippen molar-refractivity contribution in [2.75, 3.05) is 19.7 Å². The first-order valence-corrected chi connectivity index (χ1v) is 12.6. The highest BCUT2D eigenvalue weighted by Gasteiger charge is 2.45. The highest BCUT2D eigenvalue weighted by Crippen LogP contribution is 2.44. The molecule has 3 aliphatic heterocycles. The lowest BCUT2D eigenvalue weighted by molar-refractivity contribution is -0.193. The first-order valence-electron chi connectivity index (χ1n) is 12.6. The quantitative estimate of drug-likeness (QED) is 0.625.